The Morgan fingerprint density at radius 2 is 1.13 bits per heavy atom. The van der Waals surface area contributed by atoms with Crippen molar-refractivity contribution < 1.29 is 18.4 Å². The second-order valence-electron chi connectivity index (χ2n) is 8.15. The summed E-state index contributed by atoms with van der Waals surface area (Å²) in [6, 6.07) is 0. The average Bonchev–Trinajstić information content (AvgIpc) is 2.73. The van der Waals surface area contributed by atoms with E-state index in [1.165, 1.54) is 0 Å². The molecule has 0 amide bonds. The number of hydrogen-bond donors (Lipinski definition) is 0. The van der Waals surface area contributed by atoms with Crippen LogP contribution in [0.15, 0.2) is 25.3 Å². The van der Waals surface area contributed by atoms with Gasteiger partial charge >= 0.3 is 0 Å². The van der Waals surface area contributed by atoms with E-state index >= 15 is 0 Å². The maximum atomic E-state index is 12.7. The van der Waals surface area contributed by atoms with Gasteiger partial charge in [-0.15, -0.1) is 13.2 Å². The van der Waals surface area contributed by atoms with E-state index in [0.717, 1.165) is 0 Å². The van der Waals surface area contributed by atoms with E-state index in [1.807, 2.05) is 39.3 Å². The normalized spacial score (nSPS) is 28.1. The summed E-state index contributed by atoms with van der Waals surface area (Å²) >= 11 is 0. The maximum absolute atomic E-state index is 12.7. The van der Waals surface area contributed by atoms with Gasteiger partial charge in [0, 0.05) is 0 Å². The number of carbonyl (C=O) groups is 2. The van der Waals surface area contributed by atoms with Crippen LogP contribution in [0.4, 0.5) is 0 Å². The van der Waals surface area contributed by atoms with Crippen LogP contribution in [-0.2, 0) is 18.4 Å². The van der Waals surface area contributed by atoms with Crippen molar-refractivity contribution in [2.45, 2.75) is 45.7 Å². The molecule has 4 unspecified atom stereocenters. The van der Waals surface area contributed by atoms with Gasteiger partial charge in [-0.2, -0.15) is 0 Å². The molecule has 0 aromatic carbocycles. The SMILES string of the molecule is C=CC1CC(C=C)C(C(=O)O[Si](C)(C)C)C1C(=O)O[Si](C)(C)C. The standard InChI is InChI=1S/C17H30O4Si2/c1-9-12-11-13(10-2)15(17(19)21-23(6,7)8)14(12)16(18)20-22(3,4)5/h9-10,12-15H,1-2,11H2,3-8H3. The van der Waals surface area contributed by atoms with Crippen LogP contribution < -0.4 is 0 Å². The highest BCUT2D eigenvalue weighted by Crippen LogP contribution is 2.45. The average molecular weight is 355 g/mol. The van der Waals surface area contributed by atoms with Crippen LogP contribution in [-0.4, -0.2) is 28.6 Å². The van der Waals surface area contributed by atoms with Gasteiger partial charge in [0.2, 0.25) is 16.6 Å². The maximum Gasteiger partial charge on any atom is 0.297 e. The first-order chi connectivity index (χ1) is 10.4. The minimum Gasteiger partial charge on any atom is -0.520 e. The van der Waals surface area contributed by atoms with Gasteiger partial charge < -0.3 is 8.85 Å². The fourth-order valence-electron chi connectivity index (χ4n) is 3.01. The van der Waals surface area contributed by atoms with Crippen LogP contribution in [0.3, 0.4) is 0 Å². The quantitative estimate of drug-likeness (QED) is 0.535. The van der Waals surface area contributed by atoms with Crippen LogP contribution in [0.5, 0.6) is 0 Å². The van der Waals surface area contributed by atoms with Gasteiger partial charge in [-0.1, -0.05) is 12.2 Å². The molecule has 0 aliphatic heterocycles. The zero-order valence-corrected chi connectivity index (χ0v) is 17.2. The molecule has 6 heteroatoms. The van der Waals surface area contributed by atoms with Gasteiger partial charge in [-0.25, -0.2) is 0 Å². The lowest BCUT2D eigenvalue weighted by Gasteiger charge is -2.28. The Bertz CT molecular complexity index is 444. The number of rotatable bonds is 6. The molecule has 4 nitrogen and oxygen atoms in total. The van der Waals surface area contributed by atoms with Crippen LogP contribution in [0, 0.1) is 23.7 Å². The first-order valence-corrected chi connectivity index (χ1v) is 14.9. The highest BCUT2D eigenvalue weighted by atomic mass is 28.4. The lowest BCUT2D eigenvalue weighted by molar-refractivity contribution is -0.151. The fourth-order valence-corrected chi connectivity index (χ4v) is 4.49. The molecule has 1 fully saturated rings. The summed E-state index contributed by atoms with van der Waals surface area (Å²) in [6.07, 6.45) is 4.20. The third-order valence-corrected chi connectivity index (χ3v) is 5.44. The van der Waals surface area contributed by atoms with Gasteiger partial charge in [0.15, 0.2) is 0 Å². The summed E-state index contributed by atoms with van der Waals surface area (Å²) in [7, 11) is -4.05. The fraction of sp³-hybridized carbons (Fsp3) is 0.647. The molecular weight excluding hydrogens is 324 g/mol. The van der Waals surface area contributed by atoms with E-state index in [2.05, 4.69) is 13.2 Å². The number of allylic oxidation sites excluding steroid dienone is 2. The van der Waals surface area contributed by atoms with E-state index < -0.39 is 28.5 Å². The van der Waals surface area contributed by atoms with Gasteiger partial charge in [0.1, 0.15) is 0 Å². The van der Waals surface area contributed by atoms with Crippen molar-refractivity contribution >= 4 is 28.6 Å². The van der Waals surface area contributed by atoms with E-state index in [0.29, 0.717) is 6.42 Å². The van der Waals surface area contributed by atoms with Crippen LogP contribution in [0.25, 0.3) is 0 Å². The minimum absolute atomic E-state index is 0.0824. The molecule has 0 N–H and O–H groups in total. The molecule has 23 heavy (non-hydrogen) atoms. The van der Waals surface area contributed by atoms with Crippen molar-refractivity contribution in [2.24, 2.45) is 23.7 Å². The Kier molecular flexibility index (Phi) is 6.21. The first kappa shape index (κ1) is 19.9. The second kappa shape index (κ2) is 7.17. The molecule has 0 heterocycles. The summed E-state index contributed by atoms with van der Waals surface area (Å²) in [5.41, 5.74) is 0. The lowest BCUT2D eigenvalue weighted by atomic mass is 9.87. The Morgan fingerprint density at radius 1 is 0.826 bits per heavy atom. The van der Waals surface area contributed by atoms with E-state index in [1.54, 1.807) is 12.2 Å². The molecule has 4 atom stereocenters. The first-order valence-electron chi connectivity index (χ1n) is 8.10. The van der Waals surface area contributed by atoms with Crippen molar-refractivity contribution in [3.05, 3.63) is 25.3 Å². The molecule has 1 rings (SSSR count). The second-order valence-corrected chi connectivity index (χ2v) is 17.0. The van der Waals surface area contributed by atoms with Crippen molar-refractivity contribution in [1.29, 1.82) is 0 Å². The van der Waals surface area contributed by atoms with Gasteiger partial charge in [0.25, 0.3) is 11.9 Å². The summed E-state index contributed by atoms with van der Waals surface area (Å²) < 4.78 is 11.4. The molecule has 0 bridgehead atoms. The van der Waals surface area contributed by atoms with Crippen molar-refractivity contribution in [2.75, 3.05) is 0 Å². The highest BCUT2D eigenvalue weighted by molar-refractivity contribution is 6.71. The van der Waals surface area contributed by atoms with Gasteiger partial charge in [0.05, 0.1) is 11.8 Å². The number of carbonyl (C=O) groups excluding carboxylic acids is 2. The van der Waals surface area contributed by atoms with Gasteiger partial charge in [-0.3, -0.25) is 9.59 Å². The molecule has 0 radical (unpaired) electrons. The Hall–Kier alpha value is -1.15. The molecular formula is C17H30O4Si2. The van der Waals surface area contributed by atoms with Gasteiger partial charge in [-0.05, 0) is 57.5 Å². The van der Waals surface area contributed by atoms with E-state index in [9.17, 15) is 9.59 Å². The zero-order chi connectivity index (χ0) is 18.0. The molecule has 1 aliphatic carbocycles. The Morgan fingerprint density at radius 3 is 1.35 bits per heavy atom. The minimum atomic E-state index is -2.03. The summed E-state index contributed by atoms with van der Waals surface area (Å²) in [5.74, 6) is -1.80. The smallest absolute Gasteiger partial charge is 0.297 e. The zero-order valence-electron chi connectivity index (χ0n) is 15.2. The van der Waals surface area contributed by atoms with Crippen LogP contribution in [0.1, 0.15) is 6.42 Å². The topological polar surface area (TPSA) is 52.6 Å². The largest absolute Gasteiger partial charge is 0.520 e. The van der Waals surface area contributed by atoms with Crippen molar-refractivity contribution in [3.63, 3.8) is 0 Å². The molecule has 130 valence electrons. The van der Waals surface area contributed by atoms with Crippen LogP contribution in [0.2, 0.25) is 39.3 Å². The Balaban J connectivity index is 3.13. The number of hydrogen-bond acceptors (Lipinski definition) is 4. The predicted molar refractivity (Wildman–Crippen MR) is 97.8 cm³/mol. The lowest BCUT2D eigenvalue weighted by Crippen LogP contribution is -2.41. The predicted octanol–water partition coefficient (Wildman–Crippen LogP) is 3.98. The summed E-state index contributed by atoms with van der Waals surface area (Å²) in [6.45, 7) is 19.4. The molecule has 0 aromatic heterocycles. The monoisotopic (exact) mass is 354 g/mol. The molecule has 1 saturated carbocycles. The van der Waals surface area contributed by atoms with E-state index in [4.69, 9.17) is 8.85 Å². The van der Waals surface area contributed by atoms with Crippen LogP contribution >= 0.6 is 0 Å². The molecule has 0 spiro atoms. The van der Waals surface area contributed by atoms with Crippen molar-refractivity contribution in [1.82, 2.24) is 0 Å². The molecule has 0 saturated heterocycles. The van der Waals surface area contributed by atoms with Crippen molar-refractivity contribution in [3.8, 4) is 0 Å². The summed E-state index contributed by atoms with van der Waals surface area (Å²) in [4.78, 5) is 25.4. The third kappa shape index (κ3) is 5.46. The molecule has 0 aromatic rings. The highest BCUT2D eigenvalue weighted by Gasteiger charge is 2.51. The third-order valence-electron chi connectivity index (χ3n) is 3.82. The summed E-state index contributed by atoms with van der Waals surface area (Å²) in [5, 5.41) is 0. The Labute approximate surface area is 142 Å². The van der Waals surface area contributed by atoms with E-state index in [-0.39, 0.29) is 23.8 Å². The molecule has 1 aliphatic rings.